The SMILES string of the molecule is CC1CCCC1NC(=O)c1ccc(-n2[nH]cc(-c3ccc(C#N)cc3)c2=O)nc1. The molecule has 1 amide bonds. The molecule has 1 aliphatic carbocycles. The maximum absolute atomic E-state index is 12.8. The Morgan fingerprint density at radius 1 is 1.24 bits per heavy atom. The largest absolute Gasteiger partial charge is 0.349 e. The molecular formula is C22H21N5O2. The van der Waals surface area contributed by atoms with Gasteiger partial charge in [0.2, 0.25) is 0 Å². The van der Waals surface area contributed by atoms with Crippen molar-refractivity contribution in [2.45, 2.75) is 32.2 Å². The van der Waals surface area contributed by atoms with Gasteiger partial charge in [-0.3, -0.25) is 14.7 Å². The molecule has 1 saturated carbocycles. The Morgan fingerprint density at radius 3 is 2.66 bits per heavy atom. The highest BCUT2D eigenvalue weighted by Gasteiger charge is 2.25. The molecule has 0 radical (unpaired) electrons. The molecule has 0 saturated heterocycles. The van der Waals surface area contributed by atoms with Gasteiger partial charge in [-0.2, -0.15) is 5.26 Å². The number of carbonyl (C=O) groups is 1. The van der Waals surface area contributed by atoms with Crippen LogP contribution in [0, 0.1) is 17.2 Å². The molecule has 1 fully saturated rings. The van der Waals surface area contributed by atoms with Crippen LogP contribution in [0.4, 0.5) is 0 Å². The molecule has 29 heavy (non-hydrogen) atoms. The highest BCUT2D eigenvalue weighted by Crippen LogP contribution is 2.25. The van der Waals surface area contributed by atoms with Crippen LogP contribution in [0.2, 0.25) is 0 Å². The van der Waals surface area contributed by atoms with Gasteiger partial charge >= 0.3 is 0 Å². The van der Waals surface area contributed by atoms with Crippen LogP contribution in [0.25, 0.3) is 16.9 Å². The number of pyridine rings is 1. The van der Waals surface area contributed by atoms with Crippen molar-refractivity contribution in [1.82, 2.24) is 20.1 Å². The lowest BCUT2D eigenvalue weighted by atomic mass is 10.1. The van der Waals surface area contributed by atoms with Gasteiger partial charge in [-0.1, -0.05) is 25.5 Å². The molecule has 146 valence electrons. The van der Waals surface area contributed by atoms with E-state index < -0.39 is 0 Å². The molecule has 7 heteroatoms. The molecule has 0 aliphatic heterocycles. The maximum atomic E-state index is 12.8. The van der Waals surface area contributed by atoms with Crippen molar-refractivity contribution in [2.75, 3.05) is 0 Å². The minimum absolute atomic E-state index is 0.139. The van der Waals surface area contributed by atoms with Gasteiger partial charge in [0.1, 0.15) is 0 Å². The van der Waals surface area contributed by atoms with Gasteiger partial charge in [-0.15, -0.1) is 0 Å². The van der Waals surface area contributed by atoms with Crippen LogP contribution in [0.15, 0.2) is 53.6 Å². The van der Waals surface area contributed by atoms with Crippen molar-refractivity contribution >= 4 is 5.91 Å². The fourth-order valence-electron chi connectivity index (χ4n) is 3.74. The molecule has 2 unspecified atom stereocenters. The van der Waals surface area contributed by atoms with Gasteiger partial charge < -0.3 is 5.32 Å². The third-order valence-corrected chi connectivity index (χ3v) is 5.51. The number of nitrogens with zero attached hydrogens (tertiary/aromatic N) is 3. The Morgan fingerprint density at radius 2 is 2.03 bits per heavy atom. The topological polar surface area (TPSA) is 104 Å². The number of benzene rings is 1. The summed E-state index contributed by atoms with van der Waals surface area (Å²) in [4.78, 5) is 29.5. The predicted octanol–water partition coefficient (Wildman–Crippen LogP) is 3.02. The van der Waals surface area contributed by atoms with Crippen molar-refractivity contribution in [3.05, 3.63) is 70.3 Å². The number of H-pyrrole nitrogens is 1. The molecule has 2 heterocycles. The van der Waals surface area contributed by atoms with Crippen LogP contribution in [0.3, 0.4) is 0 Å². The van der Waals surface area contributed by atoms with Crippen LogP contribution in [0.5, 0.6) is 0 Å². The van der Waals surface area contributed by atoms with E-state index in [0.29, 0.717) is 34.0 Å². The summed E-state index contributed by atoms with van der Waals surface area (Å²) >= 11 is 0. The Balaban J connectivity index is 1.53. The minimum atomic E-state index is -0.251. The van der Waals surface area contributed by atoms with Crippen LogP contribution in [-0.2, 0) is 0 Å². The van der Waals surface area contributed by atoms with Crippen molar-refractivity contribution in [3.63, 3.8) is 0 Å². The van der Waals surface area contributed by atoms with Crippen molar-refractivity contribution in [1.29, 1.82) is 5.26 Å². The number of rotatable bonds is 4. The number of aromatic amines is 1. The van der Waals surface area contributed by atoms with E-state index in [1.807, 2.05) is 0 Å². The summed E-state index contributed by atoms with van der Waals surface area (Å²) in [6.07, 6.45) is 6.38. The number of nitrogens with one attached hydrogen (secondary N) is 2. The van der Waals surface area contributed by atoms with Crippen LogP contribution < -0.4 is 10.9 Å². The standard InChI is InChI=1S/C22H21N5O2/c1-14-3-2-4-19(14)26-21(28)17-9-10-20(24-12-17)27-22(29)18(13-25-27)16-7-5-15(11-23)6-8-16/h5-10,12-14,19,25H,2-4H2,1H3,(H,26,28). The summed E-state index contributed by atoms with van der Waals surface area (Å²) in [7, 11) is 0. The summed E-state index contributed by atoms with van der Waals surface area (Å²) in [6.45, 7) is 2.16. The van der Waals surface area contributed by atoms with Gasteiger partial charge in [0.25, 0.3) is 11.5 Å². The van der Waals surface area contributed by atoms with Crippen LogP contribution in [0.1, 0.15) is 42.1 Å². The number of carbonyl (C=O) groups excluding carboxylic acids is 1. The normalized spacial score (nSPS) is 18.3. The maximum Gasteiger partial charge on any atom is 0.280 e. The van der Waals surface area contributed by atoms with Crippen LogP contribution in [-0.4, -0.2) is 26.7 Å². The van der Waals surface area contributed by atoms with Gasteiger partial charge in [0, 0.05) is 18.4 Å². The number of hydrogen-bond acceptors (Lipinski definition) is 4. The molecule has 3 aromatic rings. The summed E-state index contributed by atoms with van der Waals surface area (Å²) in [5, 5.41) is 14.9. The molecule has 4 rings (SSSR count). The minimum Gasteiger partial charge on any atom is -0.349 e. The van der Waals surface area contributed by atoms with E-state index in [9.17, 15) is 9.59 Å². The quantitative estimate of drug-likeness (QED) is 0.718. The Bertz CT molecular complexity index is 1120. The van der Waals surface area contributed by atoms with Gasteiger partial charge in [-0.05, 0) is 48.6 Å². The summed E-state index contributed by atoms with van der Waals surface area (Å²) < 4.78 is 1.33. The van der Waals surface area contributed by atoms with E-state index in [2.05, 4.69) is 28.4 Å². The summed E-state index contributed by atoms with van der Waals surface area (Å²) in [5.41, 5.74) is 1.95. The second kappa shape index (κ2) is 7.76. The van der Waals surface area contributed by atoms with E-state index in [1.165, 1.54) is 10.9 Å². The number of hydrogen-bond donors (Lipinski definition) is 2. The van der Waals surface area contributed by atoms with Gasteiger partial charge in [0.15, 0.2) is 5.82 Å². The fourth-order valence-corrected chi connectivity index (χ4v) is 3.74. The average molecular weight is 387 g/mol. The molecule has 1 aromatic carbocycles. The van der Waals surface area contributed by atoms with Crippen molar-refractivity contribution < 1.29 is 4.79 Å². The number of nitriles is 1. The lowest BCUT2D eigenvalue weighted by Gasteiger charge is -2.17. The third kappa shape index (κ3) is 3.69. The van der Waals surface area contributed by atoms with Gasteiger partial charge in [0.05, 0.1) is 22.8 Å². The monoisotopic (exact) mass is 387 g/mol. The summed E-state index contributed by atoms with van der Waals surface area (Å²) in [5.74, 6) is 0.755. The molecule has 0 spiro atoms. The third-order valence-electron chi connectivity index (χ3n) is 5.51. The molecule has 7 nitrogen and oxygen atoms in total. The molecule has 2 aromatic heterocycles. The summed E-state index contributed by atoms with van der Waals surface area (Å²) in [6, 6.07) is 12.4. The molecule has 0 bridgehead atoms. The first kappa shape index (κ1) is 18.7. The Hall–Kier alpha value is -3.66. The average Bonchev–Trinajstić information content (AvgIpc) is 3.33. The highest BCUT2D eigenvalue weighted by atomic mass is 16.2. The lowest BCUT2D eigenvalue weighted by molar-refractivity contribution is 0.0929. The first-order valence-corrected chi connectivity index (χ1v) is 9.65. The lowest BCUT2D eigenvalue weighted by Crippen LogP contribution is -2.36. The second-order valence-electron chi connectivity index (χ2n) is 7.41. The number of aromatic nitrogens is 3. The first-order valence-electron chi connectivity index (χ1n) is 9.65. The predicted molar refractivity (Wildman–Crippen MR) is 109 cm³/mol. The molecule has 2 atom stereocenters. The molecule has 1 aliphatic rings. The van der Waals surface area contributed by atoms with E-state index in [-0.39, 0.29) is 17.5 Å². The Labute approximate surface area is 168 Å². The van der Waals surface area contributed by atoms with E-state index in [0.717, 1.165) is 19.3 Å². The van der Waals surface area contributed by atoms with E-state index in [4.69, 9.17) is 5.26 Å². The van der Waals surface area contributed by atoms with Crippen LogP contribution >= 0.6 is 0 Å². The van der Waals surface area contributed by atoms with E-state index in [1.54, 1.807) is 42.6 Å². The smallest absolute Gasteiger partial charge is 0.280 e. The zero-order valence-electron chi connectivity index (χ0n) is 16.1. The second-order valence-corrected chi connectivity index (χ2v) is 7.41. The molecule has 2 N–H and O–H groups in total. The van der Waals surface area contributed by atoms with Crippen molar-refractivity contribution in [3.8, 4) is 23.0 Å². The van der Waals surface area contributed by atoms with Crippen molar-refractivity contribution in [2.24, 2.45) is 5.92 Å². The van der Waals surface area contributed by atoms with Gasteiger partial charge in [-0.25, -0.2) is 9.67 Å². The zero-order chi connectivity index (χ0) is 20.4. The zero-order valence-corrected chi connectivity index (χ0v) is 16.1. The number of amides is 1. The highest BCUT2D eigenvalue weighted by molar-refractivity contribution is 5.94. The molecular weight excluding hydrogens is 366 g/mol. The Kier molecular flexibility index (Phi) is 5.00. The van der Waals surface area contributed by atoms with E-state index >= 15 is 0 Å². The fraction of sp³-hybridized carbons (Fsp3) is 0.273. The first-order chi connectivity index (χ1) is 14.1.